The summed E-state index contributed by atoms with van der Waals surface area (Å²) in [7, 11) is 1.66. The molecule has 3 aromatic rings. The summed E-state index contributed by atoms with van der Waals surface area (Å²) in [6.07, 6.45) is 0. The number of ether oxygens (including phenoxy) is 2. The fraction of sp³-hybridized carbons (Fsp3) is 0.250. The van der Waals surface area contributed by atoms with E-state index in [1.807, 2.05) is 0 Å². The number of rotatable bonds is 8. The average molecular weight is 359 g/mol. The molecule has 1 saturated heterocycles. The number of benzene rings is 3. The third-order valence-corrected chi connectivity index (χ3v) is 5.23. The molecule has 1 heterocycles. The lowest BCUT2D eigenvalue weighted by molar-refractivity contribution is -0.0333. The number of hydrogen-bond acceptors (Lipinski definition) is 3. The van der Waals surface area contributed by atoms with Crippen molar-refractivity contribution in [3.8, 4) is 0 Å². The zero-order valence-corrected chi connectivity index (χ0v) is 15.6. The van der Waals surface area contributed by atoms with E-state index in [4.69, 9.17) is 9.47 Å². The van der Waals surface area contributed by atoms with Gasteiger partial charge in [-0.15, -0.1) is 0 Å². The zero-order valence-electron chi connectivity index (χ0n) is 15.6. The Morgan fingerprint density at radius 1 is 0.778 bits per heavy atom. The predicted molar refractivity (Wildman–Crippen MR) is 108 cm³/mol. The molecule has 0 spiro atoms. The highest BCUT2D eigenvalue weighted by atomic mass is 16.7. The van der Waals surface area contributed by atoms with Crippen LogP contribution in [0.5, 0.6) is 0 Å². The SMILES string of the molecule is COCOCC1CN1C(c1ccccc1)(c1ccccc1)c1ccccc1. The maximum atomic E-state index is 5.68. The highest BCUT2D eigenvalue weighted by Crippen LogP contribution is 2.48. The van der Waals surface area contributed by atoms with Crippen molar-refractivity contribution in [3.63, 3.8) is 0 Å². The van der Waals surface area contributed by atoms with E-state index >= 15 is 0 Å². The number of hydrogen-bond donors (Lipinski definition) is 0. The van der Waals surface area contributed by atoms with Crippen molar-refractivity contribution in [2.45, 2.75) is 11.6 Å². The molecule has 0 radical (unpaired) electrons. The molecule has 3 heteroatoms. The lowest BCUT2D eigenvalue weighted by Crippen LogP contribution is -2.39. The molecule has 0 amide bonds. The fourth-order valence-electron chi connectivity index (χ4n) is 4.04. The standard InChI is InChI=1S/C24H25NO2/c1-26-19-27-18-23-17-25(23)24(20-11-5-2-6-12-20,21-13-7-3-8-14-21)22-15-9-4-10-16-22/h2-16,23H,17-19H2,1H3. The summed E-state index contributed by atoms with van der Waals surface area (Å²) in [5, 5.41) is 0. The normalized spacial score (nSPS) is 19.0. The van der Waals surface area contributed by atoms with E-state index in [0.29, 0.717) is 19.4 Å². The second-order valence-corrected chi connectivity index (χ2v) is 6.89. The Kier molecular flexibility index (Phi) is 5.35. The van der Waals surface area contributed by atoms with E-state index in [1.165, 1.54) is 16.7 Å². The van der Waals surface area contributed by atoms with Crippen LogP contribution in [0.3, 0.4) is 0 Å². The van der Waals surface area contributed by atoms with Crippen LogP contribution in [0.15, 0.2) is 91.0 Å². The molecule has 3 nitrogen and oxygen atoms in total. The van der Waals surface area contributed by atoms with Crippen molar-refractivity contribution >= 4 is 0 Å². The van der Waals surface area contributed by atoms with Crippen molar-refractivity contribution in [2.24, 2.45) is 0 Å². The Hall–Kier alpha value is -2.46. The van der Waals surface area contributed by atoms with E-state index in [-0.39, 0.29) is 5.54 Å². The van der Waals surface area contributed by atoms with Crippen molar-refractivity contribution in [1.29, 1.82) is 0 Å². The Balaban J connectivity index is 1.84. The van der Waals surface area contributed by atoms with E-state index < -0.39 is 0 Å². The molecule has 0 aliphatic carbocycles. The molecule has 0 saturated carbocycles. The van der Waals surface area contributed by atoms with Crippen LogP contribution in [0.2, 0.25) is 0 Å². The van der Waals surface area contributed by atoms with Crippen molar-refractivity contribution < 1.29 is 9.47 Å². The summed E-state index contributed by atoms with van der Waals surface area (Å²) in [5.41, 5.74) is 3.50. The second-order valence-electron chi connectivity index (χ2n) is 6.89. The first-order valence-corrected chi connectivity index (χ1v) is 9.37. The topological polar surface area (TPSA) is 21.5 Å². The lowest BCUT2D eigenvalue weighted by Gasteiger charge is -2.38. The first kappa shape index (κ1) is 17.9. The Labute approximate surface area is 161 Å². The molecule has 1 aliphatic heterocycles. The minimum absolute atomic E-state index is 0.328. The van der Waals surface area contributed by atoms with Gasteiger partial charge in [0.2, 0.25) is 0 Å². The van der Waals surface area contributed by atoms with Gasteiger partial charge in [0.1, 0.15) is 6.79 Å². The van der Waals surface area contributed by atoms with Gasteiger partial charge < -0.3 is 9.47 Å². The molecule has 4 rings (SSSR count). The van der Waals surface area contributed by atoms with Gasteiger partial charge in [-0.05, 0) is 16.7 Å². The van der Waals surface area contributed by atoms with Gasteiger partial charge in [0.25, 0.3) is 0 Å². The van der Waals surface area contributed by atoms with Crippen LogP contribution in [0.4, 0.5) is 0 Å². The number of methoxy groups -OCH3 is 1. The molecule has 1 fully saturated rings. The fourth-order valence-corrected chi connectivity index (χ4v) is 4.04. The van der Waals surface area contributed by atoms with Gasteiger partial charge in [-0.1, -0.05) is 91.0 Å². The summed E-state index contributed by atoms with van der Waals surface area (Å²) < 4.78 is 10.7. The summed E-state index contributed by atoms with van der Waals surface area (Å²) in [4.78, 5) is 2.53. The molecule has 0 N–H and O–H groups in total. The zero-order chi connectivity index (χ0) is 18.5. The van der Waals surface area contributed by atoms with Crippen molar-refractivity contribution in [2.75, 3.05) is 27.1 Å². The maximum absolute atomic E-state index is 5.68. The van der Waals surface area contributed by atoms with Gasteiger partial charge in [0.15, 0.2) is 0 Å². The smallest absolute Gasteiger partial charge is 0.146 e. The third-order valence-electron chi connectivity index (χ3n) is 5.23. The summed E-state index contributed by atoms with van der Waals surface area (Å²) in [6, 6.07) is 32.7. The Morgan fingerprint density at radius 3 is 1.63 bits per heavy atom. The lowest BCUT2D eigenvalue weighted by atomic mass is 9.76. The number of nitrogens with zero attached hydrogens (tertiary/aromatic N) is 1. The highest BCUT2D eigenvalue weighted by Gasteiger charge is 2.52. The molecular formula is C24H25NO2. The van der Waals surface area contributed by atoms with Gasteiger partial charge in [-0.25, -0.2) is 0 Å². The third kappa shape index (κ3) is 3.42. The molecule has 2 atom stereocenters. The summed E-state index contributed by atoms with van der Waals surface area (Å²) in [6.45, 7) is 1.99. The maximum Gasteiger partial charge on any atom is 0.146 e. The van der Waals surface area contributed by atoms with E-state index in [9.17, 15) is 0 Å². The monoisotopic (exact) mass is 359 g/mol. The summed E-state index contributed by atoms with van der Waals surface area (Å²) in [5.74, 6) is 0. The quantitative estimate of drug-likeness (QED) is 0.259. The van der Waals surface area contributed by atoms with E-state index in [2.05, 4.69) is 95.9 Å². The van der Waals surface area contributed by atoms with Crippen molar-refractivity contribution in [1.82, 2.24) is 4.90 Å². The summed E-state index contributed by atoms with van der Waals surface area (Å²) >= 11 is 0. The Morgan fingerprint density at radius 2 is 1.22 bits per heavy atom. The van der Waals surface area contributed by atoms with Gasteiger partial charge in [-0.2, -0.15) is 0 Å². The van der Waals surface area contributed by atoms with Crippen molar-refractivity contribution in [3.05, 3.63) is 108 Å². The van der Waals surface area contributed by atoms with Gasteiger partial charge in [0.05, 0.1) is 12.1 Å². The first-order chi connectivity index (χ1) is 13.4. The molecule has 0 bridgehead atoms. The molecule has 3 aromatic carbocycles. The van der Waals surface area contributed by atoms with Crippen LogP contribution in [0.25, 0.3) is 0 Å². The predicted octanol–water partition coefficient (Wildman–Crippen LogP) is 4.28. The molecular weight excluding hydrogens is 334 g/mol. The first-order valence-electron chi connectivity index (χ1n) is 9.37. The average Bonchev–Trinajstić information content (AvgIpc) is 3.51. The molecule has 2 unspecified atom stereocenters. The van der Waals surface area contributed by atoms with Gasteiger partial charge in [-0.3, -0.25) is 4.90 Å². The Bertz CT molecular complexity index is 739. The van der Waals surface area contributed by atoms with E-state index in [0.717, 1.165) is 6.54 Å². The highest BCUT2D eigenvalue weighted by molar-refractivity contribution is 5.51. The van der Waals surface area contributed by atoms with Crippen LogP contribution < -0.4 is 0 Å². The minimum Gasteiger partial charge on any atom is -0.359 e. The van der Waals surface area contributed by atoms with Crippen LogP contribution in [0.1, 0.15) is 16.7 Å². The van der Waals surface area contributed by atoms with Crippen LogP contribution in [-0.2, 0) is 15.0 Å². The largest absolute Gasteiger partial charge is 0.359 e. The van der Waals surface area contributed by atoms with E-state index in [1.54, 1.807) is 7.11 Å². The molecule has 0 aromatic heterocycles. The minimum atomic E-state index is -0.328. The van der Waals surface area contributed by atoms with Crippen LogP contribution in [-0.4, -0.2) is 38.0 Å². The van der Waals surface area contributed by atoms with Gasteiger partial charge >= 0.3 is 0 Å². The van der Waals surface area contributed by atoms with Crippen LogP contribution in [0, 0.1) is 0 Å². The molecule has 27 heavy (non-hydrogen) atoms. The van der Waals surface area contributed by atoms with Crippen LogP contribution >= 0.6 is 0 Å². The second kappa shape index (κ2) is 8.05. The molecule has 1 aliphatic rings. The van der Waals surface area contributed by atoms with Gasteiger partial charge in [0, 0.05) is 19.7 Å². The molecule has 138 valence electrons.